The molecule has 5 nitrogen and oxygen atoms in total. The summed E-state index contributed by atoms with van der Waals surface area (Å²) in [5.74, 6) is -0.0963. The van der Waals surface area contributed by atoms with Crippen LogP contribution in [0.15, 0.2) is 30.9 Å². The minimum Gasteiger partial charge on any atom is -0.471 e. The van der Waals surface area contributed by atoms with Gasteiger partial charge in [0.2, 0.25) is 5.88 Å². The maximum absolute atomic E-state index is 12.5. The number of aromatic nitrogens is 1. The van der Waals surface area contributed by atoms with Crippen molar-refractivity contribution in [3.63, 3.8) is 0 Å². The second kappa shape index (κ2) is 6.02. The van der Waals surface area contributed by atoms with Crippen LogP contribution in [-0.2, 0) is 6.18 Å². The fraction of sp³-hybridized carbons (Fsp3) is 0.385. The zero-order chi connectivity index (χ0) is 15.5. The van der Waals surface area contributed by atoms with Crippen molar-refractivity contribution < 1.29 is 22.7 Å². The molecular formula is C13H14F3N3O2. The van der Waals surface area contributed by atoms with Crippen LogP contribution in [0.25, 0.3) is 0 Å². The number of ether oxygens (including phenoxy) is 1. The van der Waals surface area contributed by atoms with Gasteiger partial charge in [0.25, 0.3) is 0 Å². The van der Waals surface area contributed by atoms with Crippen molar-refractivity contribution in [2.45, 2.75) is 12.3 Å². The monoisotopic (exact) mass is 301 g/mol. The first-order valence-corrected chi connectivity index (χ1v) is 6.24. The van der Waals surface area contributed by atoms with E-state index in [1.807, 2.05) is 0 Å². The number of pyridine rings is 1. The van der Waals surface area contributed by atoms with E-state index < -0.39 is 11.9 Å². The summed E-state index contributed by atoms with van der Waals surface area (Å²) in [7, 11) is 0. The van der Waals surface area contributed by atoms with Crippen molar-refractivity contribution in [3.8, 4) is 5.88 Å². The number of nitrogens with zero attached hydrogens (tertiary/aromatic N) is 2. The van der Waals surface area contributed by atoms with Gasteiger partial charge in [0.05, 0.1) is 13.1 Å². The summed E-state index contributed by atoms with van der Waals surface area (Å²) in [6.07, 6.45) is -3.30. The Kier molecular flexibility index (Phi) is 4.35. The lowest BCUT2D eigenvalue weighted by molar-refractivity contribution is -0.141. The van der Waals surface area contributed by atoms with Gasteiger partial charge in [0.1, 0.15) is 11.8 Å². The van der Waals surface area contributed by atoms with E-state index in [4.69, 9.17) is 4.74 Å². The summed E-state index contributed by atoms with van der Waals surface area (Å²) in [5.41, 5.74) is -1.00. The Bertz CT molecular complexity index is 528. The highest BCUT2D eigenvalue weighted by Gasteiger charge is 2.35. The molecule has 0 aliphatic carbocycles. The topological polar surface area (TPSA) is 54.5 Å². The molecule has 1 N–H and O–H groups in total. The van der Waals surface area contributed by atoms with Crippen LogP contribution in [-0.4, -0.2) is 41.7 Å². The number of alkyl halides is 3. The molecule has 2 heterocycles. The van der Waals surface area contributed by atoms with E-state index >= 15 is 0 Å². The molecule has 0 radical (unpaired) electrons. The molecule has 1 aliphatic heterocycles. The molecule has 8 heteroatoms. The fourth-order valence-corrected chi connectivity index (χ4v) is 1.76. The summed E-state index contributed by atoms with van der Waals surface area (Å²) >= 11 is 0. The molecule has 0 atom stereocenters. The van der Waals surface area contributed by atoms with Crippen LogP contribution in [0.1, 0.15) is 5.69 Å². The number of likely N-dealkylation sites (tertiary alicyclic amines) is 1. The van der Waals surface area contributed by atoms with E-state index in [0.717, 1.165) is 6.07 Å². The SMILES string of the molecule is C=CCNC(=O)N1CC(Oc2cccc(C(F)(F)F)n2)C1. The smallest absolute Gasteiger partial charge is 0.433 e. The van der Waals surface area contributed by atoms with Gasteiger partial charge in [-0.05, 0) is 6.07 Å². The molecule has 114 valence electrons. The zero-order valence-corrected chi connectivity index (χ0v) is 11.1. The summed E-state index contributed by atoms with van der Waals surface area (Å²) in [6, 6.07) is 3.21. The highest BCUT2D eigenvalue weighted by molar-refractivity contribution is 5.75. The second-order valence-electron chi connectivity index (χ2n) is 4.48. The van der Waals surface area contributed by atoms with Crippen LogP contribution >= 0.6 is 0 Å². The minimum absolute atomic E-state index is 0.0963. The van der Waals surface area contributed by atoms with E-state index in [1.165, 1.54) is 17.0 Å². The summed E-state index contributed by atoms with van der Waals surface area (Å²) in [6.45, 7) is 4.45. The van der Waals surface area contributed by atoms with Crippen molar-refractivity contribution in [3.05, 3.63) is 36.5 Å². The Balaban J connectivity index is 1.85. The van der Waals surface area contributed by atoms with E-state index in [2.05, 4.69) is 16.9 Å². The van der Waals surface area contributed by atoms with Crippen LogP contribution in [0.5, 0.6) is 5.88 Å². The zero-order valence-electron chi connectivity index (χ0n) is 11.1. The van der Waals surface area contributed by atoms with Gasteiger partial charge in [0, 0.05) is 12.6 Å². The fourth-order valence-electron chi connectivity index (χ4n) is 1.76. The Morgan fingerprint density at radius 3 is 2.86 bits per heavy atom. The minimum atomic E-state index is -4.50. The maximum Gasteiger partial charge on any atom is 0.433 e. The van der Waals surface area contributed by atoms with Gasteiger partial charge >= 0.3 is 12.2 Å². The van der Waals surface area contributed by atoms with Gasteiger partial charge < -0.3 is 15.0 Å². The molecule has 1 saturated heterocycles. The molecule has 0 saturated carbocycles. The highest BCUT2D eigenvalue weighted by Crippen LogP contribution is 2.29. The number of rotatable bonds is 4. The van der Waals surface area contributed by atoms with Gasteiger partial charge in [-0.1, -0.05) is 12.1 Å². The average Bonchev–Trinajstić information content (AvgIpc) is 2.39. The molecule has 1 aliphatic rings. The molecular weight excluding hydrogens is 287 g/mol. The first kappa shape index (κ1) is 15.1. The van der Waals surface area contributed by atoms with Gasteiger partial charge in [-0.25, -0.2) is 9.78 Å². The number of amides is 2. The number of hydrogen-bond acceptors (Lipinski definition) is 3. The lowest BCUT2D eigenvalue weighted by Crippen LogP contribution is -2.58. The second-order valence-corrected chi connectivity index (χ2v) is 4.48. The first-order valence-electron chi connectivity index (χ1n) is 6.24. The maximum atomic E-state index is 12.5. The van der Waals surface area contributed by atoms with E-state index in [0.29, 0.717) is 19.6 Å². The molecule has 2 rings (SSSR count). The predicted octanol–water partition coefficient (Wildman–Crippen LogP) is 2.06. The standard InChI is InChI=1S/C13H14F3N3O2/c1-2-6-17-12(20)19-7-9(8-19)21-11-5-3-4-10(18-11)13(14,15)16/h2-5,9H,1,6-8H2,(H,17,20). The average molecular weight is 301 g/mol. The number of hydrogen-bond donors (Lipinski definition) is 1. The van der Waals surface area contributed by atoms with Crippen LogP contribution in [0, 0.1) is 0 Å². The van der Waals surface area contributed by atoms with Crippen molar-refractivity contribution in [2.75, 3.05) is 19.6 Å². The third kappa shape index (κ3) is 3.87. The lowest BCUT2D eigenvalue weighted by atomic mass is 10.2. The number of urea groups is 1. The third-order valence-electron chi connectivity index (χ3n) is 2.83. The third-order valence-corrected chi connectivity index (χ3v) is 2.83. The van der Waals surface area contributed by atoms with Crippen molar-refractivity contribution in [2.24, 2.45) is 0 Å². The molecule has 0 bridgehead atoms. The number of halogens is 3. The van der Waals surface area contributed by atoms with Crippen LogP contribution < -0.4 is 10.1 Å². The largest absolute Gasteiger partial charge is 0.471 e. The Morgan fingerprint density at radius 2 is 2.24 bits per heavy atom. The van der Waals surface area contributed by atoms with Crippen LogP contribution in [0.2, 0.25) is 0 Å². The number of carbonyl (C=O) groups excluding carboxylic acids is 1. The van der Waals surface area contributed by atoms with E-state index in [9.17, 15) is 18.0 Å². The summed E-state index contributed by atoms with van der Waals surface area (Å²) in [5, 5.41) is 2.60. The van der Waals surface area contributed by atoms with Gasteiger partial charge in [-0.15, -0.1) is 6.58 Å². The van der Waals surface area contributed by atoms with Crippen LogP contribution in [0.3, 0.4) is 0 Å². The molecule has 0 unspecified atom stereocenters. The van der Waals surface area contributed by atoms with Crippen molar-refractivity contribution >= 4 is 6.03 Å². The van der Waals surface area contributed by atoms with Crippen molar-refractivity contribution in [1.29, 1.82) is 0 Å². The molecule has 2 amide bonds. The Morgan fingerprint density at radius 1 is 1.52 bits per heavy atom. The highest BCUT2D eigenvalue weighted by atomic mass is 19.4. The summed E-state index contributed by atoms with van der Waals surface area (Å²) < 4.78 is 42.8. The molecule has 1 fully saturated rings. The molecule has 0 aromatic carbocycles. The van der Waals surface area contributed by atoms with Gasteiger partial charge in [-0.2, -0.15) is 13.2 Å². The Hall–Kier alpha value is -2.25. The number of nitrogens with one attached hydrogen (secondary N) is 1. The van der Waals surface area contributed by atoms with E-state index in [1.54, 1.807) is 6.08 Å². The van der Waals surface area contributed by atoms with Gasteiger partial charge in [-0.3, -0.25) is 0 Å². The summed E-state index contributed by atoms with van der Waals surface area (Å²) in [4.78, 5) is 16.4. The first-order chi connectivity index (χ1) is 9.90. The Labute approximate surface area is 119 Å². The molecule has 0 spiro atoms. The normalized spacial score (nSPS) is 15.3. The number of carbonyl (C=O) groups is 1. The molecule has 1 aromatic heterocycles. The lowest BCUT2D eigenvalue weighted by Gasteiger charge is -2.38. The quantitative estimate of drug-likeness (QED) is 0.866. The van der Waals surface area contributed by atoms with Crippen molar-refractivity contribution in [1.82, 2.24) is 15.2 Å². The van der Waals surface area contributed by atoms with Gasteiger partial charge in [0.15, 0.2) is 0 Å². The van der Waals surface area contributed by atoms with Crippen LogP contribution in [0.4, 0.5) is 18.0 Å². The molecule has 21 heavy (non-hydrogen) atoms. The predicted molar refractivity (Wildman–Crippen MR) is 68.8 cm³/mol. The molecule has 1 aromatic rings. The van der Waals surface area contributed by atoms with E-state index in [-0.39, 0.29) is 18.0 Å².